The Hall–Kier alpha value is -1.78. The summed E-state index contributed by atoms with van der Waals surface area (Å²) in [5.41, 5.74) is 1.23. The van der Waals surface area contributed by atoms with Gasteiger partial charge in [-0.1, -0.05) is 13.3 Å². The van der Waals surface area contributed by atoms with Gasteiger partial charge >= 0.3 is 5.97 Å². The normalized spacial score (nSPS) is 16.7. The van der Waals surface area contributed by atoms with Gasteiger partial charge in [0.1, 0.15) is 12.2 Å². The highest BCUT2D eigenvalue weighted by molar-refractivity contribution is 5.97. The maximum Gasteiger partial charge on any atom is 0.311 e. The van der Waals surface area contributed by atoms with Crippen LogP contribution in [0.2, 0.25) is 0 Å². The fourth-order valence-corrected chi connectivity index (χ4v) is 2.41. The lowest BCUT2D eigenvalue weighted by molar-refractivity contribution is -0.136. The Morgan fingerprint density at radius 1 is 1.47 bits per heavy atom. The predicted octanol–water partition coefficient (Wildman–Crippen LogP) is 2.14. The van der Waals surface area contributed by atoms with E-state index in [0.717, 1.165) is 12.8 Å². The molecule has 0 aliphatic heterocycles. The minimum absolute atomic E-state index is 0.195. The number of rotatable bonds is 5. The number of carbonyl (C=O) groups excluding carboxylic acids is 1. The number of amides is 1. The maximum absolute atomic E-state index is 12.2. The zero-order valence-corrected chi connectivity index (χ0v) is 11.3. The van der Waals surface area contributed by atoms with Crippen molar-refractivity contribution in [3.63, 3.8) is 0 Å². The number of aliphatic carboxylic acids is 1. The van der Waals surface area contributed by atoms with Crippen molar-refractivity contribution in [3.8, 4) is 0 Å². The summed E-state index contributed by atoms with van der Waals surface area (Å²) in [5.74, 6) is -1.02. The van der Waals surface area contributed by atoms with Crippen LogP contribution >= 0.6 is 0 Å². The molecule has 1 aromatic heterocycles. The van der Waals surface area contributed by atoms with Crippen molar-refractivity contribution in [3.05, 3.63) is 23.2 Å². The number of hydrogen-bond donors (Lipinski definition) is 2. The van der Waals surface area contributed by atoms with Crippen LogP contribution in [0.3, 0.4) is 0 Å². The van der Waals surface area contributed by atoms with Crippen LogP contribution in [-0.4, -0.2) is 23.5 Å². The van der Waals surface area contributed by atoms with E-state index in [-0.39, 0.29) is 23.5 Å². The van der Waals surface area contributed by atoms with Crippen molar-refractivity contribution >= 4 is 11.9 Å². The van der Waals surface area contributed by atoms with Crippen LogP contribution in [-0.2, 0) is 11.2 Å². The summed E-state index contributed by atoms with van der Waals surface area (Å²) in [6.45, 7) is 4.52. The molecule has 1 aliphatic rings. The van der Waals surface area contributed by atoms with Crippen molar-refractivity contribution in [1.82, 2.24) is 5.32 Å². The van der Waals surface area contributed by atoms with E-state index in [0.29, 0.717) is 17.7 Å². The molecule has 1 aromatic rings. The first kappa shape index (κ1) is 13.6. The molecule has 5 heteroatoms. The van der Waals surface area contributed by atoms with E-state index in [9.17, 15) is 9.59 Å². The third kappa shape index (κ3) is 2.97. The monoisotopic (exact) mass is 265 g/mol. The summed E-state index contributed by atoms with van der Waals surface area (Å²) in [5, 5.41) is 11.7. The topological polar surface area (TPSA) is 79.5 Å². The number of nitrogens with one attached hydrogen (secondary N) is 1. The zero-order valence-electron chi connectivity index (χ0n) is 11.3. The van der Waals surface area contributed by atoms with Crippen molar-refractivity contribution < 1.29 is 19.1 Å². The molecule has 5 nitrogen and oxygen atoms in total. The molecule has 0 bridgehead atoms. The fourth-order valence-electron chi connectivity index (χ4n) is 2.41. The van der Waals surface area contributed by atoms with E-state index in [1.54, 1.807) is 6.92 Å². The molecule has 1 fully saturated rings. The first-order chi connectivity index (χ1) is 8.91. The number of carbonyl (C=O) groups is 2. The number of hydrogen-bond acceptors (Lipinski definition) is 3. The zero-order chi connectivity index (χ0) is 14.0. The molecule has 2 rings (SSSR count). The molecule has 1 saturated carbocycles. The summed E-state index contributed by atoms with van der Waals surface area (Å²) >= 11 is 0. The molecule has 1 aliphatic carbocycles. The second kappa shape index (κ2) is 5.07. The number of furan rings is 1. The van der Waals surface area contributed by atoms with Crippen molar-refractivity contribution in [2.24, 2.45) is 5.41 Å². The van der Waals surface area contributed by atoms with E-state index in [4.69, 9.17) is 9.52 Å². The third-order valence-corrected chi connectivity index (χ3v) is 3.83. The summed E-state index contributed by atoms with van der Waals surface area (Å²) in [6, 6.07) is 0. The Bertz CT molecular complexity index is 500. The Morgan fingerprint density at radius 2 is 2.16 bits per heavy atom. The van der Waals surface area contributed by atoms with Gasteiger partial charge in [-0.05, 0) is 25.2 Å². The highest BCUT2D eigenvalue weighted by Gasteiger charge is 2.32. The largest absolute Gasteiger partial charge is 0.481 e. The third-order valence-electron chi connectivity index (χ3n) is 3.83. The average Bonchev–Trinajstić information content (AvgIpc) is 2.64. The molecule has 1 heterocycles. The van der Waals surface area contributed by atoms with E-state index >= 15 is 0 Å². The van der Waals surface area contributed by atoms with Crippen molar-refractivity contribution in [1.29, 1.82) is 0 Å². The lowest BCUT2D eigenvalue weighted by Gasteiger charge is -2.38. The second-order valence-electron chi connectivity index (χ2n) is 5.63. The summed E-state index contributed by atoms with van der Waals surface area (Å²) < 4.78 is 5.16. The quantitative estimate of drug-likeness (QED) is 0.854. The van der Waals surface area contributed by atoms with Gasteiger partial charge in [0.25, 0.3) is 5.91 Å². The highest BCUT2D eigenvalue weighted by atomic mass is 16.4. The van der Waals surface area contributed by atoms with Gasteiger partial charge in [-0.2, -0.15) is 0 Å². The van der Waals surface area contributed by atoms with Crippen molar-refractivity contribution in [2.45, 2.75) is 39.5 Å². The molecule has 104 valence electrons. The Labute approximate surface area is 112 Å². The van der Waals surface area contributed by atoms with Crippen LogP contribution in [0, 0.1) is 12.3 Å². The first-order valence-corrected chi connectivity index (χ1v) is 6.48. The van der Waals surface area contributed by atoms with Gasteiger partial charge in [0.05, 0.1) is 11.8 Å². The van der Waals surface area contributed by atoms with Gasteiger partial charge < -0.3 is 14.8 Å². The van der Waals surface area contributed by atoms with Crippen LogP contribution in [0.15, 0.2) is 10.7 Å². The van der Waals surface area contributed by atoms with Gasteiger partial charge in [0, 0.05) is 12.1 Å². The predicted molar refractivity (Wildman–Crippen MR) is 69.1 cm³/mol. The Morgan fingerprint density at radius 3 is 2.68 bits per heavy atom. The SMILES string of the molecule is Cc1coc(CC(=O)O)c1C(=O)NCC1(C)CCC1. The van der Waals surface area contributed by atoms with Crippen LogP contribution in [0.5, 0.6) is 0 Å². The van der Waals surface area contributed by atoms with Gasteiger partial charge in [0.15, 0.2) is 0 Å². The molecular formula is C14H19NO4. The minimum Gasteiger partial charge on any atom is -0.481 e. The smallest absolute Gasteiger partial charge is 0.311 e. The molecule has 0 radical (unpaired) electrons. The van der Waals surface area contributed by atoms with E-state index < -0.39 is 5.97 Å². The summed E-state index contributed by atoms with van der Waals surface area (Å²) in [7, 11) is 0. The van der Waals surface area contributed by atoms with Gasteiger partial charge in [-0.25, -0.2) is 0 Å². The molecule has 1 amide bonds. The van der Waals surface area contributed by atoms with Crippen LogP contribution in [0.1, 0.15) is 47.9 Å². The van der Waals surface area contributed by atoms with E-state index in [2.05, 4.69) is 12.2 Å². The first-order valence-electron chi connectivity index (χ1n) is 6.48. The van der Waals surface area contributed by atoms with Crippen LogP contribution < -0.4 is 5.32 Å². The van der Waals surface area contributed by atoms with Crippen molar-refractivity contribution in [2.75, 3.05) is 6.54 Å². The lowest BCUT2D eigenvalue weighted by atomic mass is 9.70. The van der Waals surface area contributed by atoms with Gasteiger partial charge in [-0.15, -0.1) is 0 Å². The summed E-state index contributed by atoms with van der Waals surface area (Å²) in [6.07, 6.45) is 4.62. The standard InChI is InChI=1S/C14H19NO4/c1-9-7-19-10(6-11(16)17)12(9)13(18)15-8-14(2)4-3-5-14/h7H,3-6,8H2,1-2H3,(H,15,18)(H,16,17). The summed E-state index contributed by atoms with van der Waals surface area (Å²) in [4.78, 5) is 22.9. The molecule has 0 unspecified atom stereocenters. The molecule has 0 spiro atoms. The molecule has 0 atom stereocenters. The van der Waals surface area contributed by atoms with Crippen LogP contribution in [0.25, 0.3) is 0 Å². The molecule has 19 heavy (non-hydrogen) atoms. The fraction of sp³-hybridized carbons (Fsp3) is 0.571. The van der Waals surface area contributed by atoms with Gasteiger partial charge in [0.2, 0.25) is 0 Å². The highest BCUT2D eigenvalue weighted by Crippen LogP contribution is 2.39. The average molecular weight is 265 g/mol. The Kier molecular flexibility index (Phi) is 3.64. The number of carboxylic acids is 1. The number of aryl methyl sites for hydroxylation is 1. The number of carboxylic acid groups (broad SMARTS) is 1. The van der Waals surface area contributed by atoms with E-state index in [1.165, 1.54) is 12.7 Å². The maximum atomic E-state index is 12.2. The molecule has 2 N–H and O–H groups in total. The van der Waals surface area contributed by atoms with Gasteiger partial charge in [-0.3, -0.25) is 9.59 Å². The van der Waals surface area contributed by atoms with E-state index in [1.807, 2.05) is 0 Å². The van der Waals surface area contributed by atoms with Crippen LogP contribution in [0.4, 0.5) is 0 Å². The minimum atomic E-state index is -1.01. The second-order valence-corrected chi connectivity index (χ2v) is 5.63. The molecular weight excluding hydrogens is 246 g/mol. The molecule has 0 saturated heterocycles. The lowest BCUT2D eigenvalue weighted by Crippen LogP contribution is -2.40. The molecule has 0 aromatic carbocycles. The Balaban J connectivity index is 2.05.